The van der Waals surface area contributed by atoms with Crippen LogP contribution in [0.1, 0.15) is 23.7 Å². The van der Waals surface area contributed by atoms with E-state index in [1.54, 1.807) is 0 Å². The van der Waals surface area contributed by atoms with Crippen LogP contribution in [0.2, 0.25) is 0 Å². The number of ether oxygens (including phenoxy) is 2. The Morgan fingerprint density at radius 3 is 2.24 bits per heavy atom. The van der Waals surface area contributed by atoms with Gasteiger partial charge in [-0.3, -0.25) is 4.79 Å². The molecule has 2 N–H and O–H groups in total. The fourth-order valence-corrected chi connectivity index (χ4v) is 4.51. The van der Waals surface area contributed by atoms with E-state index in [1.165, 1.54) is 42.5 Å². The van der Waals surface area contributed by atoms with E-state index in [1.807, 2.05) is 4.90 Å². The Kier molecular flexibility index (Phi) is 7.27. The maximum absolute atomic E-state index is 15.2. The lowest BCUT2D eigenvalue weighted by Gasteiger charge is -2.36. The summed E-state index contributed by atoms with van der Waals surface area (Å²) in [7, 11) is 0. The Hall–Kier alpha value is -3.63. The molecule has 0 unspecified atom stereocenters. The summed E-state index contributed by atoms with van der Waals surface area (Å²) < 4.78 is 68.9. The van der Waals surface area contributed by atoms with E-state index in [-0.39, 0.29) is 36.8 Å². The van der Waals surface area contributed by atoms with Crippen LogP contribution in [0.25, 0.3) is 11.1 Å². The highest BCUT2D eigenvalue weighted by Gasteiger charge is 2.43. The number of nitrogens with one attached hydrogen (secondary N) is 1. The molecule has 10 heteroatoms. The lowest BCUT2D eigenvalue weighted by Crippen LogP contribution is -2.53. The summed E-state index contributed by atoms with van der Waals surface area (Å²) >= 11 is 0. The Morgan fingerprint density at radius 2 is 1.61 bits per heavy atom. The predicted octanol–water partition coefficient (Wildman–Crippen LogP) is 4.42. The van der Waals surface area contributed by atoms with Gasteiger partial charge in [0.2, 0.25) is 0 Å². The smallest absolute Gasteiger partial charge is 0.349 e. The van der Waals surface area contributed by atoms with Gasteiger partial charge in [-0.25, -0.2) is 8.78 Å². The molecule has 0 radical (unpaired) electrons. The van der Waals surface area contributed by atoms with E-state index >= 15 is 8.78 Å². The third-order valence-corrected chi connectivity index (χ3v) is 6.77. The molecule has 3 aromatic carbocycles. The van der Waals surface area contributed by atoms with Crippen molar-refractivity contribution < 1.29 is 36.9 Å². The Bertz CT molecular complexity index is 1300. The Balaban J connectivity index is 1.35. The number of aliphatic hydroxyl groups is 1. The molecule has 6 nitrogen and oxygen atoms in total. The summed E-state index contributed by atoms with van der Waals surface area (Å²) in [5.41, 5.74) is 0.750. The van der Waals surface area contributed by atoms with Crippen molar-refractivity contribution in [3.05, 3.63) is 83.4 Å². The second-order valence-corrected chi connectivity index (χ2v) is 9.36. The molecule has 2 aliphatic rings. The number of hydrogen-bond acceptors (Lipinski definition) is 5. The van der Waals surface area contributed by atoms with E-state index in [9.17, 15) is 18.7 Å². The van der Waals surface area contributed by atoms with Crippen molar-refractivity contribution in [2.75, 3.05) is 32.8 Å². The van der Waals surface area contributed by atoms with E-state index < -0.39 is 41.2 Å². The van der Waals surface area contributed by atoms with Crippen LogP contribution in [0.4, 0.5) is 17.6 Å². The van der Waals surface area contributed by atoms with Gasteiger partial charge in [-0.15, -0.1) is 0 Å². The SMILES string of the molecule is O=C(N[C@H](CN1CCC1)[C@H](O)c1cc(F)c2c(c1)OCCO2)C(F)(F)c1ccc(-c2ccc(F)cc2)cc1. The molecular formula is C28H26F4N2O4. The largest absolute Gasteiger partial charge is 0.486 e. The van der Waals surface area contributed by atoms with Gasteiger partial charge < -0.3 is 24.8 Å². The van der Waals surface area contributed by atoms with Crippen LogP contribution in [-0.4, -0.2) is 54.8 Å². The Morgan fingerprint density at radius 1 is 0.974 bits per heavy atom. The topological polar surface area (TPSA) is 71.0 Å². The van der Waals surface area contributed by atoms with Crippen LogP contribution >= 0.6 is 0 Å². The summed E-state index contributed by atoms with van der Waals surface area (Å²) in [6, 6.07) is 12.0. The van der Waals surface area contributed by atoms with Gasteiger partial charge in [0.25, 0.3) is 5.91 Å². The molecule has 0 bridgehead atoms. The average molecular weight is 531 g/mol. The minimum atomic E-state index is -3.91. The number of halogens is 4. The monoisotopic (exact) mass is 530 g/mol. The Labute approximate surface area is 216 Å². The van der Waals surface area contributed by atoms with E-state index in [2.05, 4.69) is 5.32 Å². The number of fused-ring (bicyclic) bond motifs is 1. The summed E-state index contributed by atoms with van der Waals surface area (Å²) in [5.74, 6) is -6.64. The van der Waals surface area contributed by atoms with Crippen molar-refractivity contribution in [3.8, 4) is 22.6 Å². The van der Waals surface area contributed by atoms with Gasteiger partial charge in [-0.05, 0) is 60.5 Å². The first-order chi connectivity index (χ1) is 18.2. The second kappa shape index (κ2) is 10.6. The van der Waals surface area contributed by atoms with Gasteiger partial charge >= 0.3 is 5.92 Å². The van der Waals surface area contributed by atoms with Crippen LogP contribution in [0.5, 0.6) is 11.5 Å². The van der Waals surface area contributed by atoms with Gasteiger partial charge in [-0.2, -0.15) is 8.78 Å². The zero-order valence-corrected chi connectivity index (χ0v) is 20.3. The number of nitrogens with zero attached hydrogens (tertiary/aromatic N) is 1. The van der Waals surface area contributed by atoms with E-state index in [4.69, 9.17) is 9.47 Å². The highest BCUT2D eigenvalue weighted by molar-refractivity contribution is 5.85. The van der Waals surface area contributed by atoms with Crippen LogP contribution in [-0.2, 0) is 10.7 Å². The zero-order chi connectivity index (χ0) is 26.9. The summed E-state index contributed by atoms with van der Waals surface area (Å²) in [6.45, 7) is 1.86. The number of carbonyl (C=O) groups is 1. The number of aliphatic hydroxyl groups excluding tert-OH is 1. The zero-order valence-electron chi connectivity index (χ0n) is 20.3. The number of rotatable bonds is 8. The quantitative estimate of drug-likeness (QED) is 0.422. The molecule has 200 valence electrons. The molecule has 3 aromatic rings. The summed E-state index contributed by atoms with van der Waals surface area (Å²) in [5, 5.41) is 13.4. The molecular weight excluding hydrogens is 504 g/mol. The number of amides is 1. The van der Waals surface area contributed by atoms with Gasteiger partial charge in [0.05, 0.1) is 6.04 Å². The fraction of sp³-hybridized carbons (Fsp3) is 0.321. The molecule has 0 aromatic heterocycles. The third kappa shape index (κ3) is 5.32. The van der Waals surface area contributed by atoms with Crippen LogP contribution in [0, 0.1) is 11.6 Å². The molecule has 2 aliphatic heterocycles. The van der Waals surface area contributed by atoms with Crippen molar-refractivity contribution >= 4 is 5.91 Å². The van der Waals surface area contributed by atoms with Crippen molar-refractivity contribution in [3.63, 3.8) is 0 Å². The first-order valence-electron chi connectivity index (χ1n) is 12.3. The standard InChI is InChI=1S/C28H26F4N2O4/c29-21-8-4-18(5-9-21)17-2-6-20(7-3-17)28(31,32)27(36)33-23(16-34-10-1-11-34)25(35)19-14-22(30)26-24(15-19)37-12-13-38-26/h2-9,14-15,23,25,35H,1,10-13,16H2,(H,33,36)/t23-,25-/m1/s1. The van der Waals surface area contributed by atoms with Gasteiger partial charge in [-0.1, -0.05) is 36.4 Å². The molecule has 2 heterocycles. The molecule has 0 spiro atoms. The third-order valence-electron chi connectivity index (χ3n) is 6.77. The number of likely N-dealkylation sites (tertiary alicyclic amines) is 1. The van der Waals surface area contributed by atoms with Crippen molar-refractivity contribution in [1.82, 2.24) is 10.2 Å². The highest BCUT2D eigenvalue weighted by Crippen LogP contribution is 2.37. The van der Waals surface area contributed by atoms with E-state index in [0.717, 1.165) is 24.6 Å². The molecule has 0 aliphatic carbocycles. The number of hydrogen-bond donors (Lipinski definition) is 2. The van der Waals surface area contributed by atoms with Crippen LogP contribution in [0.3, 0.4) is 0 Å². The molecule has 38 heavy (non-hydrogen) atoms. The van der Waals surface area contributed by atoms with Crippen molar-refractivity contribution in [1.29, 1.82) is 0 Å². The van der Waals surface area contributed by atoms with Gasteiger partial charge in [0.1, 0.15) is 25.1 Å². The number of alkyl halides is 2. The van der Waals surface area contributed by atoms with Gasteiger partial charge in [0.15, 0.2) is 17.3 Å². The maximum atomic E-state index is 15.2. The average Bonchev–Trinajstić information content (AvgIpc) is 2.90. The second-order valence-electron chi connectivity index (χ2n) is 9.36. The molecule has 0 saturated carbocycles. The molecule has 1 saturated heterocycles. The minimum Gasteiger partial charge on any atom is -0.486 e. The molecule has 5 rings (SSSR count). The van der Waals surface area contributed by atoms with Crippen molar-refractivity contribution in [2.45, 2.75) is 24.5 Å². The van der Waals surface area contributed by atoms with Crippen LogP contribution < -0.4 is 14.8 Å². The molecule has 2 atom stereocenters. The lowest BCUT2D eigenvalue weighted by molar-refractivity contribution is -0.149. The summed E-state index contributed by atoms with van der Waals surface area (Å²) in [4.78, 5) is 14.7. The van der Waals surface area contributed by atoms with Crippen molar-refractivity contribution in [2.24, 2.45) is 0 Å². The summed E-state index contributed by atoms with van der Waals surface area (Å²) in [6.07, 6.45) is -0.576. The normalized spacial score (nSPS) is 16.9. The maximum Gasteiger partial charge on any atom is 0.349 e. The molecule has 1 fully saturated rings. The minimum absolute atomic E-state index is 0.0736. The number of carbonyl (C=O) groups excluding carboxylic acids is 1. The lowest BCUT2D eigenvalue weighted by atomic mass is 9.98. The predicted molar refractivity (Wildman–Crippen MR) is 131 cm³/mol. The first-order valence-corrected chi connectivity index (χ1v) is 12.3. The first kappa shape index (κ1) is 26.0. The molecule has 1 amide bonds. The highest BCUT2D eigenvalue weighted by atomic mass is 19.3. The number of benzene rings is 3. The van der Waals surface area contributed by atoms with Gasteiger partial charge in [0, 0.05) is 12.1 Å². The fourth-order valence-electron chi connectivity index (χ4n) is 4.51. The van der Waals surface area contributed by atoms with Crippen LogP contribution in [0.15, 0.2) is 60.7 Å². The van der Waals surface area contributed by atoms with E-state index in [0.29, 0.717) is 24.2 Å².